The van der Waals surface area contributed by atoms with Crippen LogP contribution in [0.5, 0.6) is 0 Å². The molecule has 9 heteroatoms. The third kappa shape index (κ3) is 5.07. The number of benzene rings is 2. The van der Waals surface area contributed by atoms with Gasteiger partial charge in [-0.2, -0.15) is 0 Å². The quantitative estimate of drug-likeness (QED) is 0.509. The molecular weight excluding hydrogens is 382 g/mol. The monoisotopic (exact) mass is 405 g/mol. The Labute approximate surface area is 164 Å². The van der Waals surface area contributed by atoms with Crippen molar-refractivity contribution in [1.82, 2.24) is 5.32 Å². The summed E-state index contributed by atoms with van der Waals surface area (Å²) in [5.74, 6) is -0.480. The SMILES string of the molecule is CCC[C@@H](C)NC(=O)CN(c1ccccc1)S(=O)(=O)c1ccccc1[N+](=O)[O-]. The Bertz CT molecular complexity index is 932. The highest BCUT2D eigenvalue weighted by Gasteiger charge is 2.33. The molecule has 0 saturated carbocycles. The maximum atomic E-state index is 13.2. The van der Waals surface area contributed by atoms with Crippen molar-refractivity contribution in [2.24, 2.45) is 0 Å². The standard InChI is InChI=1S/C19H23N3O5S/c1-3-9-15(2)20-19(23)14-21(16-10-5-4-6-11-16)28(26,27)18-13-8-7-12-17(18)22(24)25/h4-8,10-13,15H,3,9,14H2,1-2H3,(H,20,23)/t15-/m1/s1. The van der Waals surface area contributed by atoms with Crippen LogP contribution in [-0.2, 0) is 14.8 Å². The number of sulfonamides is 1. The van der Waals surface area contributed by atoms with Crippen LogP contribution in [0, 0.1) is 10.1 Å². The van der Waals surface area contributed by atoms with Gasteiger partial charge in [0, 0.05) is 12.1 Å². The molecular formula is C19H23N3O5S. The highest BCUT2D eigenvalue weighted by Crippen LogP contribution is 2.29. The smallest absolute Gasteiger partial charge is 0.289 e. The number of amides is 1. The molecule has 1 N–H and O–H groups in total. The zero-order valence-corrected chi connectivity index (χ0v) is 16.6. The molecule has 2 aromatic carbocycles. The first-order chi connectivity index (χ1) is 13.3. The van der Waals surface area contributed by atoms with Crippen LogP contribution in [0.4, 0.5) is 11.4 Å². The number of nitrogens with one attached hydrogen (secondary N) is 1. The van der Waals surface area contributed by atoms with Crippen LogP contribution in [0.25, 0.3) is 0 Å². The average Bonchev–Trinajstić information content (AvgIpc) is 2.66. The molecule has 0 heterocycles. The maximum absolute atomic E-state index is 13.2. The fourth-order valence-corrected chi connectivity index (χ4v) is 4.39. The van der Waals surface area contributed by atoms with Gasteiger partial charge in [-0.25, -0.2) is 8.42 Å². The number of carbonyl (C=O) groups excluding carboxylic acids is 1. The first-order valence-electron chi connectivity index (χ1n) is 8.88. The minimum Gasteiger partial charge on any atom is -0.352 e. The lowest BCUT2D eigenvalue weighted by Crippen LogP contribution is -2.43. The highest BCUT2D eigenvalue weighted by molar-refractivity contribution is 7.93. The van der Waals surface area contributed by atoms with Gasteiger partial charge in [0.2, 0.25) is 5.91 Å². The summed E-state index contributed by atoms with van der Waals surface area (Å²) in [6, 6.07) is 13.0. The molecule has 0 aromatic heterocycles. The Kier molecular flexibility index (Phi) is 7.11. The number of nitro groups is 1. The van der Waals surface area contributed by atoms with Crippen molar-refractivity contribution in [3.8, 4) is 0 Å². The molecule has 0 aliphatic rings. The van der Waals surface area contributed by atoms with E-state index in [0.717, 1.165) is 23.2 Å². The van der Waals surface area contributed by atoms with Crippen molar-refractivity contribution in [3.63, 3.8) is 0 Å². The van der Waals surface area contributed by atoms with Crippen LogP contribution < -0.4 is 9.62 Å². The number of hydrogen-bond donors (Lipinski definition) is 1. The summed E-state index contributed by atoms with van der Waals surface area (Å²) in [5, 5.41) is 14.1. The van der Waals surface area contributed by atoms with E-state index in [1.807, 2.05) is 13.8 Å². The molecule has 8 nitrogen and oxygen atoms in total. The van der Waals surface area contributed by atoms with Gasteiger partial charge in [-0.3, -0.25) is 19.2 Å². The number of nitro benzene ring substituents is 1. The van der Waals surface area contributed by atoms with Crippen molar-refractivity contribution < 1.29 is 18.1 Å². The van der Waals surface area contributed by atoms with E-state index in [1.54, 1.807) is 18.2 Å². The van der Waals surface area contributed by atoms with E-state index < -0.39 is 38.0 Å². The molecule has 0 spiro atoms. The van der Waals surface area contributed by atoms with Crippen LogP contribution >= 0.6 is 0 Å². The number of nitrogens with zero attached hydrogens (tertiary/aromatic N) is 2. The molecule has 0 aliphatic carbocycles. The van der Waals surface area contributed by atoms with Crippen molar-refractivity contribution in [3.05, 3.63) is 64.7 Å². The lowest BCUT2D eigenvalue weighted by atomic mass is 10.2. The Morgan fingerprint density at radius 1 is 1.14 bits per heavy atom. The minimum absolute atomic E-state index is 0.108. The Morgan fingerprint density at radius 2 is 1.75 bits per heavy atom. The lowest BCUT2D eigenvalue weighted by molar-refractivity contribution is -0.387. The zero-order chi connectivity index (χ0) is 20.7. The number of anilines is 1. The van der Waals surface area contributed by atoms with Crippen molar-refractivity contribution >= 4 is 27.3 Å². The topological polar surface area (TPSA) is 110 Å². The molecule has 0 aliphatic heterocycles. The lowest BCUT2D eigenvalue weighted by Gasteiger charge is -2.24. The summed E-state index contributed by atoms with van der Waals surface area (Å²) >= 11 is 0. The molecule has 0 unspecified atom stereocenters. The predicted octanol–water partition coefficient (Wildman–Crippen LogP) is 3.09. The number of rotatable bonds is 9. The Hall–Kier alpha value is -2.94. The summed E-state index contributed by atoms with van der Waals surface area (Å²) in [6.07, 6.45) is 1.63. The molecule has 28 heavy (non-hydrogen) atoms. The highest BCUT2D eigenvalue weighted by atomic mass is 32.2. The predicted molar refractivity (Wildman–Crippen MR) is 107 cm³/mol. The summed E-state index contributed by atoms with van der Waals surface area (Å²) in [7, 11) is -4.34. The molecule has 0 fully saturated rings. The first-order valence-corrected chi connectivity index (χ1v) is 10.3. The minimum atomic E-state index is -4.34. The largest absolute Gasteiger partial charge is 0.352 e. The summed E-state index contributed by atoms with van der Waals surface area (Å²) in [6.45, 7) is 3.34. The van der Waals surface area contributed by atoms with Crippen LogP contribution in [0.3, 0.4) is 0 Å². The average molecular weight is 405 g/mol. The second-order valence-corrected chi connectivity index (χ2v) is 8.16. The van der Waals surface area contributed by atoms with Gasteiger partial charge in [-0.15, -0.1) is 0 Å². The van der Waals surface area contributed by atoms with Crippen molar-refractivity contribution in [2.75, 3.05) is 10.8 Å². The van der Waals surface area contributed by atoms with E-state index in [9.17, 15) is 23.3 Å². The van der Waals surface area contributed by atoms with E-state index in [0.29, 0.717) is 0 Å². The second kappa shape index (κ2) is 9.32. The van der Waals surface area contributed by atoms with E-state index in [2.05, 4.69) is 5.32 Å². The molecule has 0 radical (unpaired) electrons. The maximum Gasteiger partial charge on any atom is 0.289 e. The Balaban J connectivity index is 2.45. The van der Waals surface area contributed by atoms with Crippen LogP contribution in [0.1, 0.15) is 26.7 Å². The fraction of sp³-hybridized carbons (Fsp3) is 0.316. The van der Waals surface area contributed by atoms with E-state index in [1.165, 1.54) is 30.3 Å². The van der Waals surface area contributed by atoms with Gasteiger partial charge in [0.1, 0.15) is 6.54 Å². The molecule has 0 saturated heterocycles. The van der Waals surface area contributed by atoms with Crippen LogP contribution in [0.15, 0.2) is 59.5 Å². The number of hydrogen-bond acceptors (Lipinski definition) is 5. The third-order valence-electron chi connectivity index (χ3n) is 4.09. The van der Waals surface area contributed by atoms with Gasteiger partial charge < -0.3 is 5.32 Å². The zero-order valence-electron chi connectivity index (χ0n) is 15.7. The van der Waals surface area contributed by atoms with Crippen LogP contribution in [-0.4, -0.2) is 31.8 Å². The Morgan fingerprint density at radius 3 is 2.36 bits per heavy atom. The van der Waals surface area contributed by atoms with Gasteiger partial charge in [-0.05, 0) is 31.5 Å². The number of para-hydroxylation sites is 2. The van der Waals surface area contributed by atoms with Gasteiger partial charge in [0.15, 0.2) is 4.90 Å². The summed E-state index contributed by atoms with van der Waals surface area (Å²) in [4.78, 5) is 22.6. The molecule has 0 bridgehead atoms. The summed E-state index contributed by atoms with van der Waals surface area (Å²) < 4.78 is 27.4. The van der Waals surface area contributed by atoms with Gasteiger partial charge in [-0.1, -0.05) is 43.7 Å². The van der Waals surface area contributed by atoms with E-state index in [4.69, 9.17) is 0 Å². The normalized spacial score (nSPS) is 12.2. The molecule has 2 rings (SSSR count). The van der Waals surface area contributed by atoms with Crippen LogP contribution in [0.2, 0.25) is 0 Å². The first kappa shape index (κ1) is 21.4. The number of carbonyl (C=O) groups is 1. The van der Waals surface area contributed by atoms with E-state index >= 15 is 0 Å². The molecule has 150 valence electrons. The van der Waals surface area contributed by atoms with Crippen molar-refractivity contribution in [2.45, 2.75) is 37.6 Å². The summed E-state index contributed by atoms with van der Waals surface area (Å²) in [5.41, 5.74) is -0.290. The molecule has 1 amide bonds. The van der Waals surface area contributed by atoms with Gasteiger partial charge in [0.05, 0.1) is 10.6 Å². The molecule has 1 atom stereocenters. The van der Waals surface area contributed by atoms with E-state index in [-0.39, 0.29) is 11.7 Å². The third-order valence-corrected chi connectivity index (χ3v) is 5.91. The molecule has 2 aromatic rings. The van der Waals surface area contributed by atoms with Gasteiger partial charge >= 0.3 is 0 Å². The second-order valence-electron chi connectivity index (χ2n) is 6.33. The van der Waals surface area contributed by atoms with Gasteiger partial charge in [0.25, 0.3) is 15.7 Å². The van der Waals surface area contributed by atoms with Crippen molar-refractivity contribution in [1.29, 1.82) is 0 Å². The fourth-order valence-electron chi connectivity index (χ4n) is 2.81.